The zero-order chi connectivity index (χ0) is 18.3. The van der Waals surface area contributed by atoms with Gasteiger partial charge in [0.05, 0.1) is 13.2 Å². The maximum Gasteiger partial charge on any atom is 0.305 e. The Labute approximate surface area is 145 Å². The Kier molecular flexibility index (Phi) is 13.1. The first kappa shape index (κ1) is 22.6. The van der Waals surface area contributed by atoms with Gasteiger partial charge in [-0.05, 0) is 32.1 Å². The van der Waals surface area contributed by atoms with E-state index in [0.29, 0.717) is 38.9 Å². The fourth-order valence-electron chi connectivity index (χ4n) is 2.23. The lowest BCUT2D eigenvalue weighted by molar-refractivity contribution is -0.144. The number of rotatable bonds is 15. The average Bonchev–Trinajstić information content (AvgIpc) is 2.57. The molecule has 0 aromatic rings. The van der Waals surface area contributed by atoms with Crippen molar-refractivity contribution in [2.75, 3.05) is 13.2 Å². The van der Waals surface area contributed by atoms with Crippen molar-refractivity contribution in [1.82, 2.24) is 0 Å². The van der Waals surface area contributed by atoms with E-state index in [2.05, 4.69) is 0 Å². The number of hydrogen-bond acceptors (Lipinski definition) is 6. The zero-order valence-electron chi connectivity index (χ0n) is 15.2. The van der Waals surface area contributed by atoms with Crippen molar-refractivity contribution in [2.45, 2.75) is 83.6 Å². The molecular formula is C18H33NO5. The SMILES string of the molecule is CCCCOC(=O)CCC(N)(CCC=O)CCC(=O)OCCCC. The monoisotopic (exact) mass is 343 g/mol. The smallest absolute Gasteiger partial charge is 0.305 e. The van der Waals surface area contributed by atoms with Crippen molar-refractivity contribution >= 4 is 18.2 Å². The molecule has 0 bridgehead atoms. The van der Waals surface area contributed by atoms with Crippen LogP contribution in [-0.2, 0) is 23.9 Å². The molecule has 0 spiro atoms. The van der Waals surface area contributed by atoms with Crippen molar-refractivity contribution < 1.29 is 23.9 Å². The highest BCUT2D eigenvalue weighted by Crippen LogP contribution is 2.23. The van der Waals surface area contributed by atoms with Crippen molar-refractivity contribution in [3.05, 3.63) is 0 Å². The summed E-state index contributed by atoms with van der Waals surface area (Å²) in [5.41, 5.74) is 5.59. The minimum absolute atomic E-state index is 0.198. The number of ether oxygens (including phenoxy) is 2. The van der Waals surface area contributed by atoms with Gasteiger partial charge >= 0.3 is 11.9 Å². The van der Waals surface area contributed by atoms with Crippen LogP contribution in [0, 0.1) is 0 Å². The van der Waals surface area contributed by atoms with Gasteiger partial charge in [0, 0.05) is 24.8 Å². The largest absolute Gasteiger partial charge is 0.466 e. The fraction of sp³-hybridized carbons (Fsp3) is 0.833. The maximum absolute atomic E-state index is 11.7. The summed E-state index contributed by atoms with van der Waals surface area (Å²) in [7, 11) is 0. The molecule has 0 saturated carbocycles. The Balaban J connectivity index is 4.30. The molecule has 0 aromatic carbocycles. The van der Waals surface area contributed by atoms with Crippen LogP contribution in [-0.4, -0.2) is 37.0 Å². The molecule has 0 rings (SSSR count). The number of nitrogens with two attached hydrogens (primary N) is 1. The van der Waals surface area contributed by atoms with Crippen LogP contribution in [0.3, 0.4) is 0 Å². The molecule has 0 fully saturated rings. The van der Waals surface area contributed by atoms with E-state index in [0.717, 1.165) is 32.0 Å². The molecule has 2 N–H and O–H groups in total. The lowest BCUT2D eigenvalue weighted by Crippen LogP contribution is -2.41. The Morgan fingerprint density at radius 2 is 1.38 bits per heavy atom. The Morgan fingerprint density at radius 3 is 1.75 bits per heavy atom. The highest BCUT2D eigenvalue weighted by Gasteiger charge is 2.27. The molecule has 6 heteroatoms. The van der Waals surface area contributed by atoms with E-state index in [9.17, 15) is 14.4 Å². The standard InChI is InChI=1S/C18H33NO5/c1-3-5-14-23-16(21)8-11-18(19,10-7-13-20)12-9-17(22)24-15-6-4-2/h13H,3-12,14-15,19H2,1-2H3. The first-order chi connectivity index (χ1) is 11.5. The van der Waals surface area contributed by atoms with E-state index in [4.69, 9.17) is 15.2 Å². The van der Waals surface area contributed by atoms with Crippen LogP contribution in [0.15, 0.2) is 0 Å². The van der Waals surface area contributed by atoms with Crippen LogP contribution in [0.4, 0.5) is 0 Å². The van der Waals surface area contributed by atoms with E-state index in [1.165, 1.54) is 0 Å². The molecule has 0 aromatic heterocycles. The summed E-state index contributed by atoms with van der Waals surface area (Å²) in [6.45, 7) is 4.89. The first-order valence-corrected chi connectivity index (χ1v) is 9.01. The summed E-state index contributed by atoms with van der Waals surface area (Å²) < 4.78 is 10.2. The van der Waals surface area contributed by atoms with Crippen molar-refractivity contribution in [2.24, 2.45) is 5.73 Å². The topological polar surface area (TPSA) is 95.7 Å². The van der Waals surface area contributed by atoms with Gasteiger partial charge in [-0.25, -0.2) is 0 Å². The van der Waals surface area contributed by atoms with Gasteiger partial charge in [0.15, 0.2) is 0 Å². The number of carbonyl (C=O) groups is 3. The molecule has 140 valence electrons. The number of hydrogen-bond donors (Lipinski definition) is 1. The minimum Gasteiger partial charge on any atom is -0.466 e. The van der Waals surface area contributed by atoms with Crippen LogP contribution >= 0.6 is 0 Å². The lowest BCUT2D eigenvalue weighted by Gasteiger charge is -2.28. The van der Waals surface area contributed by atoms with Crippen LogP contribution in [0.25, 0.3) is 0 Å². The fourth-order valence-corrected chi connectivity index (χ4v) is 2.23. The zero-order valence-corrected chi connectivity index (χ0v) is 15.2. The van der Waals surface area contributed by atoms with E-state index in [1.54, 1.807) is 0 Å². The molecule has 6 nitrogen and oxygen atoms in total. The summed E-state index contributed by atoms with van der Waals surface area (Å²) in [5, 5.41) is 0. The highest BCUT2D eigenvalue weighted by atomic mass is 16.5. The number of carbonyl (C=O) groups excluding carboxylic acids is 3. The van der Waals surface area contributed by atoms with Crippen molar-refractivity contribution in [3.63, 3.8) is 0 Å². The summed E-state index contributed by atoms with van der Waals surface area (Å²) in [5.74, 6) is -0.565. The van der Waals surface area contributed by atoms with Gasteiger partial charge in [-0.15, -0.1) is 0 Å². The molecule has 0 unspecified atom stereocenters. The molecule has 0 amide bonds. The number of aldehydes is 1. The van der Waals surface area contributed by atoms with E-state index >= 15 is 0 Å². The summed E-state index contributed by atoms with van der Waals surface area (Å²) >= 11 is 0. The van der Waals surface area contributed by atoms with Gasteiger partial charge in [0.25, 0.3) is 0 Å². The maximum atomic E-state index is 11.7. The third-order valence-corrected chi connectivity index (χ3v) is 3.94. The molecule has 0 aliphatic heterocycles. The normalized spacial score (nSPS) is 11.1. The second-order valence-electron chi connectivity index (χ2n) is 6.22. The first-order valence-electron chi connectivity index (χ1n) is 9.01. The molecular weight excluding hydrogens is 310 g/mol. The number of esters is 2. The van der Waals surface area contributed by atoms with Crippen LogP contribution in [0.1, 0.15) is 78.1 Å². The van der Waals surface area contributed by atoms with Gasteiger partial charge < -0.3 is 20.0 Å². The predicted octanol–water partition coefficient (Wildman–Crippen LogP) is 2.91. The summed E-state index contributed by atoms with van der Waals surface area (Å²) in [4.78, 5) is 34.1. The molecule has 0 radical (unpaired) electrons. The van der Waals surface area contributed by atoms with Crippen molar-refractivity contribution in [3.8, 4) is 0 Å². The van der Waals surface area contributed by atoms with Gasteiger partial charge in [0.2, 0.25) is 0 Å². The second kappa shape index (κ2) is 14.0. The molecule has 0 aliphatic rings. The van der Waals surface area contributed by atoms with E-state index in [1.807, 2.05) is 13.8 Å². The van der Waals surface area contributed by atoms with E-state index in [-0.39, 0.29) is 24.8 Å². The quantitative estimate of drug-likeness (QED) is 0.279. The van der Waals surface area contributed by atoms with Crippen LogP contribution < -0.4 is 5.73 Å². The Bertz CT molecular complexity index is 344. The average molecular weight is 343 g/mol. The second-order valence-corrected chi connectivity index (χ2v) is 6.22. The molecule has 0 saturated heterocycles. The van der Waals surface area contributed by atoms with Gasteiger partial charge in [-0.2, -0.15) is 0 Å². The predicted molar refractivity (Wildman–Crippen MR) is 92.4 cm³/mol. The van der Waals surface area contributed by atoms with Gasteiger partial charge in [-0.1, -0.05) is 26.7 Å². The minimum atomic E-state index is -0.728. The lowest BCUT2D eigenvalue weighted by atomic mass is 9.85. The summed E-state index contributed by atoms with van der Waals surface area (Å²) in [6.07, 6.45) is 6.37. The van der Waals surface area contributed by atoms with Gasteiger partial charge in [0.1, 0.15) is 6.29 Å². The molecule has 0 atom stereocenters. The van der Waals surface area contributed by atoms with Crippen molar-refractivity contribution in [1.29, 1.82) is 0 Å². The third kappa shape index (κ3) is 12.0. The van der Waals surface area contributed by atoms with Crippen LogP contribution in [0.5, 0.6) is 0 Å². The molecule has 0 heterocycles. The number of unbranched alkanes of at least 4 members (excludes halogenated alkanes) is 2. The van der Waals surface area contributed by atoms with E-state index < -0.39 is 5.54 Å². The highest BCUT2D eigenvalue weighted by molar-refractivity contribution is 5.70. The molecule has 24 heavy (non-hydrogen) atoms. The Morgan fingerprint density at radius 1 is 0.917 bits per heavy atom. The van der Waals surface area contributed by atoms with Crippen LogP contribution in [0.2, 0.25) is 0 Å². The summed E-state index contributed by atoms with van der Waals surface area (Å²) in [6, 6.07) is 0. The molecule has 0 aliphatic carbocycles. The Hall–Kier alpha value is -1.43. The third-order valence-electron chi connectivity index (χ3n) is 3.94. The van der Waals surface area contributed by atoms with Gasteiger partial charge in [-0.3, -0.25) is 9.59 Å².